The summed E-state index contributed by atoms with van der Waals surface area (Å²) in [5, 5.41) is 0. The van der Waals surface area contributed by atoms with Crippen LogP contribution in [0.4, 0.5) is 0 Å². The van der Waals surface area contributed by atoms with Crippen molar-refractivity contribution in [3.05, 3.63) is 12.2 Å². The van der Waals surface area contributed by atoms with Crippen molar-refractivity contribution in [2.45, 2.75) is 206 Å². The molecule has 40 heavy (non-hydrogen) atoms. The molecule has 0 aliphatic heterocycles. The SMILES string of the molecule is CCCCCCCC/C=C\CCCCCCCCC(CCCCCCCCCCCCCCC)OS(=O)(=O)[O-].[Na+]. The van der Waals surface area contributed by atoms with Gasteiger partial charge in [-0.3, -0.25) is 4.18 Å². The summed E-state index contributed by atoms with van der Waals surface area (Å²) in [5.41, 5.74) is 0. The molecule has 6 heteroatoms. The third-order valence-electron chi connectivity index (χ3n) is 7.92. The molecular formula is C34H67NaO4S. The second kappa shape index (κ2) is 34.1. The first kappa shape index (κ1) is 42.7. The van der Waals surface area contributed by atoms with E-state index >= 15 is 0 Å². The van der Waals surface area contributed by atoms with Crippen molar-refractivity contribution in [2.75, 3.05) is 0 Å². The van der Waals surface area contributed by atoms with Gasteiger partial charge in [0.1, 0.15) is 0 Å². The van der Waals surface area contributed by atoms with Crippen LogP contribution in [0.15, 0.2) is 12.2 Å². The maximum absolute atomic E-state index is 11.2. The van der Waals surface area contributed by atoms with Crippen molar-refractivity contribution in [3.8, 4) is 0 Å². The fraction of sp³-hybridized carbons (Fsp3) is 0.941. The quantitative estimate of drug-likeness (QED) is 0.0257. The van der Waals surface area contributed by atoms with Crippen molar-refractivity contribution in [2.24, 2.45) is 0 Å². The van der Waals surface area contributed by atoms with Crippen LogP contribution in [0.2, 0.25) is 0 Å². The van der Waals surface area contributed by atoms with Crippen molar-refractivity contribution in [3.63, 3.8) is 0 Å². The summed E-state index contributed by atoms with van der Waals surface area (Å²) < 4.78 is 38.4. The van der Waals surface area contributed by atoms with Crippen molar-refractivity contribution in [1.82, 2.24) is 0 Å². The third-order valence-corrected chi connectivity index (χ3v) is 8.43. The Labute approximate surface area is 273 Å². The molecule has 0 saturated heterocycles. The van der Waals surface area contributed by atoms with Gasteiger partial charge in [-0.2, -0.15) is 0 Å². The molecule has 0 aromatic heterocycles. The van der Waals surface area contributed by atoms with Crippen molar-refractivity contribution >= 4 is 10.4 Å². The first-order valence-corrected chi connectivity index (χ1v) is 18.6. The van der Waals surface area contributed by atoms with Crippen LogP contribution in [0.3, 0.4) is 0 Å². The first-order valence-electron chi connectivity index (χ1n) is 17.3. The van der Waals surface area contributed by atoms with Gasteiger partial charge in [-0.25, -0.2) is 8.42 Å². The molecule has 0 saturated carbocycles. The summed E-state index contributed by atoms with van der Waals surface area (Å²) in [6.07, 6.45) is 40.0. The monoisotopic (exact) mass is 594 g/mol. The molecule has 0 bridgehead atoms. The second-order valence-electron chi connectivity index (χ2n) is 11.9. The van der Waals surface area contributed by atoms with Crippen LogP contribution in [-0.4, -0.2) is 19.1 Å². The summed E-state index contributed by atoms with van der Waals surface area (Å²) >= 11 is 0. The van der Waals surface area contributed by atoms with Crippen molar-refractivity contribution < 1.29 is 46.7 Å². The number of hydrogen-bond donors (Lipinski definition) is 0. The minimum absolute atomic E-state index is 0. The van der Waals surface area contributed by atoms with E-state index < -0.39 is 16.5 Å². The minimum atomic E-state index is -4.62. The topological polar surface area (TPSA) is 66.4 Å². The molecule has 0 rings (SSSR count). The van der Waals surface area contributed by atoms with Gasteiger partial charge in [-0.1, -0.05) is 174 Å². The Balaban J connectivity index is 0. The van der Waals surface area contributed by atoms with E-state index in [-0.39, 0.29) is 29.6 Å². The Bertz CT molecular complexity index is 609. The summed E-state index contributed by atoms with van der Waals surface area (Å²) in [4.78, 5) is 0. The number of allylic oxidation sites excluding steroid dienone is 2. The number of hydrogen-bond acceptors (Lipinski definition) is 4. The van der Waals surface area contributed by atoms with Gasteiger partial charge in [0.2, 0.25) is 10.4 Å². The Hall–Kier alpha value is 0.610. The molecule has 1 unspecified atom stereocenters. The first-order chi connectivity index (χ1) is 19.0. The molecule has 4 nitrogen and oxygen atoms in total. The van der Waals surface area contributed by atoms with Gasteiger partial charge in [0.15, 0.2) is 0 Å². The molecule has 0 amide bonds. The number of unbranched alkanes of at least 4 members (excludes halogenated alkanes) is 24. The fourth-order valence-electron chi connectivity index (χ4n) is 5.42. The molecular weight excluding hydrogens is 527 g/mol. The van der Waals surface area contributed by atoms with Gasteiger partial charge in [0.25, 0.3) is 0 Å². The fourth-order valence-corrected chi connectivity index (χ4v) is 5.94. The zero-order valence-corrected chi connectivity index (χ0v) is 30.1. The molecule has 0 N–H and O–H groups in total. The zero-order chi connectivity index (χ0) is 28.7. The molecule has 0 heterocycles. The third kappa shape index (κ3) is 36.6. The second-order valence-corrected chi connectivity index (χ2v) is 12.9. The molecule has 0 radical (unpaired) electrons. The van der Waals surface area contributed by atoms with E-state index in [4.69, 9.17) is 4.18 Å². The molecule has 0 aliphatic rings. The normalized spacial score (nSPS) is 12.7. The van der Waals surface area contributed by atoms with E-state index in [9.17, 15) is 13.0 Å². The standard InChI is InChI=1S/C34H68O4S.Na/c1-3-5-7-9-11-13-15-17-18-19-21-23-25-27-29-31-33-34(38-39(35,36)37)32-30-28-26-24-22-20-16-14-12-10-8-6-4-2;/h17-18,34H,3-16,19-33H2,1-2H3,(H,35,36,37);/q;+1/p-1/b18-17-;. The molecule has 0 fully saturated rings. The Morgan fingerprint density at radius 1 is 0.500 bits per heavy atom. The summed E-state index contributed by atoms with van der Waals surface area (Å²) in [5.74, 6) is 0. The van der Waals surface area contributed by atoms with Gasteiger partial charge >= 0.3 is 29.6 Å². The molecule has 234 valence electrons. The molecule has 0 aliphatic carbocycles. The van der Waals surface area contributed by atoms with E-state index in [1.807, 2.05) is 0 Å². The van der Waals surface area contributed by atoms with E-state index in [1.165, 1.54) is 148 Å². The summed E-state index contributed by atoms with van der Waals surface area (Å²) in [6, 6.07) is 0. The van der Waals surface area contributed by atoms with Gasteiger partial charge in [0, 0.05) is 0 Å². The van der Waals surface area contributed by atoms with Gasteiger partial charge in [-0.15, -0.1) is 0 Å². The zero-order valence-electron chi connectivity index (χ0n) is 27.3. The Morgan fingerprint density at radius 2 is 0.775 bits per heavy atom. The average molecular weight is 595 g/mol. The van der Waals surface area contributed by atoms with Crippen molar-refractivity contribution in [1.29, 1.82) is 0 Å². The van der Waals surface area contributed by atoms with E-state index in [1.54, 1.807) is 0 Å². The maximum Gasteiger partial charge on any atom is 1.00 e. The molecule has 0 aromatic carbocycles. The minimum Gasteiger partial charge on any atom is -0.726 e. The van der Waals surface area contributed by atoms with Crippen LogP contribution in [0, 0.1) is 0 Å². The van der Waals surface area contributed by atoms with Gasteiger partial charge in [0.05, 0.1) is 6.10 Å². The summed E-state index contributed by atoms with van der Waals surface area (Å²) in [6.45, 7) is 4.53. The van der Waals surface area contributed by atoms with E-state index in [0.717, 1.165) is 25.7 Å². The average Bonchev–Trinajstić information content (AvgIpc) is 2.90. The largest absolute Gasteiger partial charge is 1.00 e. The molecule has 1 atom stereocenters. The van der Waals surface area contributed by atoms with Crippen LogP contribution in [-0.2, 0) is 14.6 Å². The molecule has 0 aromatic rings. The number of rotatable bonds is 32. The van der Waals surface area contributed by atoms with E-state index in [2.05, 4.69) is 26.0 Å². The van der Waals surface area contributed by atoms with Gasteiger partial charge < -0.3 is 4.55 Å². The predicted octanol–water partition coefficient (Wildman–Crippen LogP) is 8.74. The summed E-state index contributed by atoms with van der Waals surface area (Å²) in [7, 11) is -4.62. The smallest absolute Gasteiger partial charge is 0.726 e. The van der Waals surface area contributed by atoms with Crippen LogP contribution >= 0.6 is 0 Å². The van der Waals surface area contributed by atoms with Crippen LogP contribution in [0.25, 0.3) is 0 Å². The Kier molecular flexibility index (Phi) is 36.4. The van der Waals surface area contributed by atoms with Crippen LogP contribution < -0.4 is 29.6 Å². The maximum atomic E-state index is 11.2. The van der Waals surface area contributed by atoms with Crippen LogP contribution in [0.5, 0.6) is 0 Å². The van der Waals surface area contributed by atoms with Crippen LogP contribution in [0.1, 0.15) is 200 Å². The molecule has 0 spiro atoms. The Morgan fingerprint density at radius 3 is 1.07 bits per heavy atom. The van der Waals surface area contributed by atoms with Gasteiger partial charge in [-0.05, 0) is 38.5 Å². The predicted molar refractivity (Wildman–Crippen MR) is 169 cm³/mol. The van der Waals surface area contributed by atoms with E-state index in [0.29, 0.717) is 12.8 Å².